The highest BCUT2D eigenvalue weighted by Gasteiger charge is 2.37. The molecule has 11 heteroatoms. The van der Waals surface area contributed by atoms with Gasteiger partial charge in [-0.25, -0.2) is 9.59 Å². The van der Waals surface area contributed by atoms with Gasteiger partial charge in [-0.05, 0) is 69.1 Å². The zero-order chi connectivity index (χ0) is 29.9. The number of nitrogens with two attached hydrogens (primary N) is 2. The van der Waals surface area contributed by atoms with Crippen molar-refractivity contribution in [2.24, 2.45) is 11.5 Å². The van der Waals surface area contributed by atoms with Gasteiger partial charge in [0.2, 0.25) is 5.91 Å². The number of hydrogen-bond acceptors (Lipinski definition) is 7. The van der Waals surface area contributed by atoms with E-state index in [2.05, 4.69) is 15.2 Å². The van der Waals surface area contributed by atoms with Gasteiger partial charge in [0.15, 0.2) is 0 Å². The Bertz CT molecular complexity index is 1440. The van der Waals surface area contributed by atoms with Crippen molar-refractivity contribution in [3.63, 3.8) is 0 Å². The number of benzene rings is 2. The number of piperazine rings is 1. The van der Waals surface area contributed by atoms with E-state index in [1.54, 1.807) is 35.9 Å². The number of anilines is 1. The Hall–Kier alpha value is -4.06. The molecule has 1 unspecified atom stereocenters. The number of carbonyl (C=O) groups is 2. The molecule has 42 heavy (non-hydrogen) atoms. The van der Waals surface area contributed by atoms with Crippen molar-refractivity contribution >= 4 is 17.8 Å². The summed E-state index contributed by atoms with van der Waals surface area (Å²) in [5.41, 5.74) is 13.4. The second-order valence-corrected chi connectivity index (χ2v) is 11.8. The van der Waals surface area contributed by atoms with Gasteiger partial charge in [-0.15, -0.1) is 0 Å². The van der Waals surface area contributed by atoms with Crippen molar-refractivity contribution in [3.8, 4) is 5.69 Å². The molecule has 3 aromatic rings. The van der Waals surface area contributed by atoms with Gasteiger partial charge in [0, 0.05) is 38.4 Å². The summed E-state index contributed by atoms with van der Waals surface area (Å²) in [7, 11) is 0. The Morgan fingerprint density at radius 2 is 1.67 bits per heavy atom. The molecule has 5 rings (SSSR count). The zero-order valence-corrected chi connectivity index (χ0v) is 24.3. The lowest BCUT2D eigenvalue weighted by molar-refractivity contribution is -0.138. The highest BCUT2D eigenvalue weighted by Crippen LogP contribution is 2.27. The van der Waals surface area contributed by atoms with Gasteiger partial charge in [-0.3, -0.25) is 19.6 Å². The van der Waals surface area contributed by atoms with Gasteiger partial charge in [-0.1, -0.05) is 42.5 Å². The molecule has 0 bridgehead atoms. The van der Waals surface area contributed by atoms with Gasteiger partial charge < -0.3 is 21.3 Å². The summed E-state index contributed by atoms with van der Waals surface area (Å²) in [6.45, 7) is 7.17. The monoisotopic (exact) mass is 572 g/mol. The maximum atomic E-state index is 13.4. The van der Waals surface area contributed by atoms with E-state index < -0.39 is 17.3 Å². The van der Waals surface area contributed by atoms with Crippen molar-refractivity contribution in [2.75, 3.05) is 38.0 Å². The smallest absolute Gasteiger partial charge is 0.337 e. The second kappa shape index (κ2) is 12.4. The summed E-state index contributed by atoms with van der Waals surface area (Å²) in [6, 6.07) is 18.5. The van der Waals surface area contributed by atoms with Gasteiger partial charge in [0.1, 0.15) is 5.82 Å². The molecule has 1 atom stereocenters. The first-order valence-corrected chi connectivity index (χ1v) is 14.5. The number of likely N-dealkylation sites (tertiary alicyclic amines) is 1. The Morgan fingerprint density at radius 1 is 0.976 bits per heavy atom. The van der Waals surface area contributed by atoms with E-state index in [1.807, 2.05) is 54.6 Å². The van der Waals surface area contributed by atoms with Crippen LogP contribution in [0.1, 0.15) is 43.9 Å². The van der Waals surface area contributed by atoms with Crippen LogP contribution in [0.4, 0.5) is 10.6 Å². The first kappa shape index (κ1) is 29.4. The largest absolute Gasteiger partial charge is 0.354 e. The normalized spacial score (nSPS) is 18.6. The zero-order valence-electron chi connectivity index (χ0n) is 24.3. The third kappa shape index (κ3) is 6.87. The standard InChI is InChI=1S/C31H40N8O3/c1-31(2,33)28(40)37-18-19-39(26(21-37)23-6-4-3-5-7-23)30(42)35-27-14-17-38(29(41)34-27)25-10-8-22(9-11-25)20-36-15-12-24(32)13-16-36/h3-11,14,17,24,26H,12-13,15-16,18-21,32-33H2,1-2H3,(H,34,35,41,42). The number of urea groups is 1. The molecule has 0 saturated carbocycles. The van der Waals surface area contributed by atoms with E-state index in [9.17, 15) is 14.4 Å². The van der Waals surface area contributed by atoms with E-state index in [0.29, 0.717) is 31.4 Å². The molecule has 222 valence electrons. The third-order valence-electron chi connectivity index (χ3n) is 7.96. The molecule has 0 spiro atoms. The molecule has 5 N–H and O–H groups in total. The predicted molar refractivity (Wildman–Crippen MR) is 162 cm³/mol. The van der Waals surface area contributed by atoms with Crippen LogP contribution in [-0.4, -0.2) is 80.5 Å². The maximum absolute atomic E-state index is 13.4. The summed E-state index contributed by atoms with van der Waals surface area (Å²) in [4.78, 5) is 49.2. The van der Waals surface area contributed by atoms with Crippen LogP contribution in [-0.2, 0) is 11.3 Å². The molecule has 2 aliphatic rings. The Kier molecular flexibility index (Phi) is 8.72. The van der Waals surface area contributed by atoms with Crippen LogP contribution in [0.15, 0.2) is 71.7 Å². The Balaban J connectivity index is 1.26. The van der Waals surface area contributed by atoms with Crippen LogP contribution >= 0.6 is 0 Å². The molecular weight excluding hydrogens is 532 g/mol. The molecule has 1 aromatic heterocycles. The van der Waals surface area contributed by atoms with Gasteiger partial charge in [0.05, 0.1) is 17.3 Å². The lowest BCUT2D eigenvalue weighted by atomic mass is 9.99. The van der Waals surface area contributed by atoms with Gasteiger partial charge >= 0.3 is 11.7 Å². The number of amides is 3. The molecule has 11 nitrogen and oxygen atoms in total. The molecule has 0 radical (unpaired) electrons. The lowest BCUT2D eigenvalue weighted by Gasteiger charge is -2.43. The molecule has 3 heterocycles. The minimum atomic E-state index is -1.01. The number of nitrogens with one attached hydrogen (secondary N) is 1. The lowest BCUT2D eigenvalue weighted by Crippen LogP contribution is -2.59. The third-order valence-corrected chi connectivity index (χ3v) is 7.96. The first-order valence-electron chi connectivity index (χ1n) is 14.5. The quantitative estimate of drug-likeness (QED) is 0.411. The summed E-state index contributed by atoms with van der Waals surface area (Å²) >= 11 is 0. The minimum absolute atomic E-state index is 0.162. The van der Waals surface area contributed by atoms with Crippen LogP contribution in [0, 0.1) is 0 Å². The van der Waals surface area contributed by atoms with Crippen LogP contribution in [0.25, 0.3) is 5.69 Å². The number of hydrogen-bond donors (Lipinski definition) is 3. The second-order valence-electron chi connectivity index (χ2n) is 11.8. The molecule has 2 fully saturated rings. The van der Waals surface area contributed by atoms with Crippen molar-refractivity contribution in [1.29, 1.82) is 0 Å². The van der Waals surface area contributed by atoms with E-state index in [4.69, 9.17) is 11.5 Å². The topological polar surface area (TPSA) is 143 Å². The molecule has 2 aromatic carbocycles. The van der Waals surface area contributed by atoms with Crippen LogP contribution < -0.4 is 22.5 Å². The fourth-order valence-electron chi connectivity index (χ4n) is 5.56. The van der Waals surface area contributed by atoms with Crippen molar-refractivity contribution in [2.45, 2.75) is 50.9 Å². The van der Waals surface area contributed by atoms with Crippen molar-refractivity contribution < 1.29 is 9.59 Å². The average molecular weight is 573 g/mol. The summed E-state index contributed by atoms with van der Waals surface area (Å²) < 4.78 is 1.45. The molecule has 0 aliphatic carbocycles. The predicted octanol–water partition coefficient (Wildman–Crippen LogP) is 2.31. The summed E-state index contributed by atoms with van der Waals surface area (Å²) in [6.07, 6.45) is 3.63. The van der Waals surface area contributed by atoms with Crippen LogP contribution in [0.3, 0.4) is 0 Å². The van der Waals surface area contributed by atoms with Crippen LogP contribution in [0.5, 0.6) is 0 Å². The summed E-state index contributed by atoms with van der Waals surface area (Å²) in [5.74, 6) is -0.00684. The van der Waals surface area contributed by atoms with E-state index in [1.165, 1.54) is 10.1 Å². The maximum Gasteiger partial charge on any atom is 0.354 e. The van der Waals surface area contributed by atoms with E-state index in [-0.39, 0.29) is 17.8 Å². The van der Waals surface area contributed by atoms with Gasteiger partial charge in [-0.2, -0.15) is 4.98 Å². The highest BCUT2D eigenvalue weighted by atomic mass is 16.2. The molecule has 2 saturated heterocycles. The Morgan fingerprint density at radius 3 is 2.31 bits per heavy atom. The SMILES string of the molecule is CC(C)(N)C(=O)N1CCN(C(=O)Nc2ccn(-c3ccc(CN4CCC(N)CC4)cc3)c(=O)n2)C(c2ccccc2)C1. The van der Waals surface area contributed by atoms with E-state index in [0.717, 1.165) is 38.0 Å². The molecular formula is C31H40N8O3. The van der Waals surface area contributed by atoms with Gasteiger partial charge in [0.25, 0.3) is 0 Å². The summed E-state index contributed by atoms with van der Waals surface area (Å²) in [5, 5.41) is 2.78. The van der Waals surface area contributed by atoms with Crippen molar-refractivity contribution in [3.05, 3.63) is 88.5 Å². The number of rotatable bonds is 6. The highest BCUT2D eigenvalue weighted by molar-refractivity contribution is 5.89. The van der Waals surface area contributed by atoms with Crippen molar-refractivity contribution in [1.82, 2.24) is 24.3 Å². The number of piperidine rings is 1. The fourth-order valence-corrected chi connectivity index (χ4v) is 5.56. The van der Waals surface area contributed by atoms with E-state index >= 15 is 0 Å². The molecule has 3 amide bonds. The first-order chi connectivity index (χ1) is 20.1. The Labute approximate surface area is 246 Å². The average Bonchev–Trinajstić information content (AvgIpc) is 2.98. The number of aromatic nitrogens is 2. The number of carbonyl (C=O) groups excluding carboxylic acids is 2. The molecule has 2 aliphatic heterocycles. The van der Waals surface area contributed by atoms with Crippen LogP contribution in [0.2, 0.25) is 0 Å². The fraction of sp³-hybridized carbons (Fsp3) is 0.419. The minimum Gasteiger partial charge on any atom is -0.337 e. The number of nitrogens with zero attached hydrogens (tertiary/aromatic N) is 5.